The minimum absolute atomic E-state index is 0.0755. The van der Waals surface area contributed by atoms with Gasteiger partial charge in [-0.1, -0.05) is 45.0 Å². The van der Waals surface area contributed by atoms with E-state index in [0.29, 0.717) is 0 Å². The third kappa shape index (κ3) is 2.76. The molecule has 0 fully saturated rings. The molecule has 100 valence electrons. The Morgan fingerprint density at radius 2 is 1.50 bits per heavy atom. The molecule has 2 nitrogen and oxygen atoms in total. The number of ether oxygens (including phenoxy) is 2. The van der Waals surface area contributed by atoms with Crippen LogP contribution in [0.2, 0.25) is 0 Å². The van der Waals surface area contributed by atoms with Crippen molar-refractivity contribution >= 4 is 0 Å². The molecule has 18 heavy (non-hydrogen) atoms. The minimum Gasteiger partial charge on any atom is -0.343 e. The molecule has 2 unspecified atom stereocenters. The van der Waals surface area contributed by atoms with E-state index in [2.05, 4.69) is 59.7 Å². The first-order valence-electron chi connectivity index (χ1n) is 6.60. The third-order valence-electron chi connectivity index (χ3n) is 3.04. The Morgan fingerprint density at radius 1 is 0.944 bits per heavy atom. The molecule has 0 saturated heterocycles. The molecule has 0 spiro atoms. The summed E-state index contributed by atoms with van der Waals surface area (Å²) in [6.45, 7) is 12.8. The SMILES string of the molecule is CC(C)(C)OC1OC(C(C)(C)C)c2ccccc21. The molecule has 0 radical (unpaired) electrons. The number of benzene rings is 1. The predicted molar refractivity (Wildman–Crippen MR) is 73.3 cm³/mol. The number of fused-ring (bicyclic) bond motifs is 1. The summed E-state index contributed by atoms with van der Waals surface area (Å²) in [7, 11) is 0. The first-order valence-corrected chi connectivity index (χ1v) is 6.60. The Hall–Kier alpha value is -0.860. The van der Waals surface area contributed by atoms with Crippen molar-refractivity contribution < 1.29 is 9.47 Å². The average Bonchev–Trinajstić information content (AvgIpc) is 2.55. The van der Waals surface area contributed by atoms with Crippen molar-refractivity contribution in [2.45, 2.75) is 59.5 Å². The zero-order valence-electron chi connectivity index (χ0n) is 12.3. The normalized spacial score (nSPS) is 24.1. The maximum Gasteiger partial charge on any atom is 0.185 e. The van der Waals surface area contributed by atoms with Gasteiger partial charge in [0.15, 0.2) is 6.29 Å². The summed E-state index contributed by atoms with van der Waals surface area (Å²) in [6, 6.07) is 8.38. The Morgan fingerprint density at radius 3 is 2.00 bits per heavy atom. The highest BCUT2D eigenvalue weighted by atomic mass is 16.7. The van der Waals surface area contributed by atoms with Crippen LogP contribution in [-0.2, 0) is 9.47 Å². The molecule has 1 aromatic rings. The van der Waals surface area contributed by atoms with Crippen molar-refractivity contribution in [2.24, 2.45) is 5.41 Å². The fourth-order valence-electron chi connectivity index (χ4n) is 2.32. The first-order chi connectivity index (χ1) is 8.18. The zero-order chi connectivity index (χ0) is 13.6. The molecule has 1 aromatic carbocycles. The second kappa shape index (κ2) is 4.36. The molecular formula is C16H24O2. The monoisotopic (exact) mass is 248 g/mol. The lowest BCUT2D eigenvalue weighted by atomic mass is 9.84. The summed E-state index contributed by atoms with van der Waals surface area (Å²) >= 11 is 0. The van der Waals surface area contributed by atoms with E-state index < -0.39 is 0 Å². The van der Waals surface area contributed by atoms with Crippen molar-refractivity contribution in [3.63, 3.8) is 0 Å². The van der Waals surface area contributed by atoms with Gasteiger partial charge in [-0.15, -0.1) is 0 Å². The van der Waals surface area contributed by atoms with Crippen LogP contribution in [-0.4, -0.2) is 5.60 Å². The van der Waals surface area contributed by atoms with Crippen LogP contribution < -0.4 is 0 Å². The minimum atomic E-state index is -0.245. The molecule has 1 heterocycles. The molecule has 2 heteroatoms. The van der Waals surface area contributed by atoms with Gasteiger partial charge in [-0.05, 0) is 31.7 Å². The van der Waals surface area contributed by atoms with Crippen LogP contribution in [0.4, 0.5) is 0 Å². The van der Waals surface area contributed by atoms with Gasteiger partial charge in [0, 0.05) is 5.56 Å². The molecule has 0 N–H and O–H groups in total. The molecule has 0 amide bonds. The lowest BCUT2D eigenvalue weighted by Gasteiger charge is -2.29. The molecule has 1 aliphatic rings. The molecule has 0 saturated carbocycles. The van der Waals surface area contributed by atoms with Gasteiger partial charge in [0.2, 0.25) is 0 Å². The van der Waals surface area contributed by atoms with Crippen molar-refractivity contribution in [2.75, 3.05) is 0 Å². The fraction of sp³-hybridized carbons (Fsp3) is 0.625. The van der Waals surface area contributed by atoms with Crippen LogP contribution in [0.1, 0.15) is 65.1 Å². The fourth-order valence-corrected chi connectivity index (χ4v) is 2.32. The smallest absolute Gasteiger partial charge is 0.185 e. The van der Waals surface area contributed by atoms with Crippen molar-refractivity contribution in [1.82, 2.24) is 0 Å². The van der Waals surface area contributed by atoms with Gasteiger partial charge >= 0.3 is 0 Å². The molecule has 0 bridgehead atoms. The lowest BCUT2D eigenvalue weighted by Crippen LogP contribution is -2.24. The van der Waals surface area contributed by atoms with E-state index in [1.165, 1.54) is 11.1 Å². The maximum atomic E-state index is 6.15. The second-order valence-electron chi connectivity index (χ2n) is 7.07. The Bertz CT molecular complexity index is 423. The number of rotatable bonds is 1. The van der Waals surface area contributed by atoms with Crippen molar-refractivity contribution in [3.8, 4) is 0 Å². The molecular weight excluding hydrogens is 224 g/mol. The summed E-state index contributed by atoms with van der Waals surface area (Å²) in [6.07, 6.45) is -0.147. The highest BCUT2D eigenvalue weighted by Gasteiger charge is 2.40. The van der Waals surface area contributed by atoms with Gasteiger partial charge in [-0.2, -0.15) is 0 Å². The van der Waals surface area contributed by atoms with Crippen LogP contribution >= 0.6 is 0 Å². The molecule has 0 aliphatic carbocycles. The van der Waals surface area contributed by atoms with Gasteiger partial charge in [-0.25, -0.2) is 0 Å². The van der Waals surface area contributed by atoms with E-state index in [-0.39, 0.29) is 23.4 Å². The van der Waals surface area contributed by atoms with Gasteiger partial charge in [0.05, 0.1) is 11.7 Å². The van der Waals surface area contributed by atoms with Crippen molar-refractivity contribution in [3.05, 3.63) is 35.4 Å². The van der Waals surface area contributed by atoms with E-state index in [9.17, 15) is 0 Å². The van der Waals surface area contributed by atoms with Crippen LogP contribution in [0.25, 0.3) is 0 Å². The quantitative estimate of drug-likeness (QED) is 0.722. The van der Waals surface area contributed by atoms with Gasteiger partial charge in [0.25, 0.3) is 0 Å². The Kier molecular flexibility index (Phi) is 3.28. The summed E-state index contributed by atoms with van der Waals surface area (Å²) in [5.74, 6) is 0. The Balaban J connectivity index is 2.34. The third-order valence-corrected chi connectivity index (χ3v) is 3.04. The van der Waals surface area contributed by atoms with E-state index in [4.69, 9.17) is 9.47 Å². The van der Waals surface area contributed by atoms with Crippen LogP contribution in [0.5, 0.6) is 0 Å². The summed E-state index contributed by atoms with van der Waals surface area (Å²) in [5.41, 5.74) is 2.31. The van der Waals surface area contributed by atoms with Crippen LogP contribution in [0, 0.1) is 5.41 Å². The van der Waals surface area contributed by atoms with E-state index >= 15 is 0 Å². The maximum absolute atomic E-state index is 6.15. The molecule has 0 aromatic heterocycles. The van der Waals surface area contributed by atoms with Crippen molar-refractivity contribution in [1.29, 1.82) is 0 Å². The van der Waals surface area contributed by atoms with E-state index in [1.807, 2.05) is 6.07 Å². The van der Waals surface area contributed by atoms with E-state index in [1.54, 1.807) is 0 Å². The zero-order valence-corrected chi connectivity index (χ0v) is 12.3. The summed E-state index contributed by atoms with van der Waals surface area (Å²) in [5, 5.41) is 0. The molecule has 2 rings (SSSR count). The van der Waals surface area contributed by atoms with E-state index in [0.717, 1.165) is 0 Å². The molecule has 1 aliphatic heterocycles. The second-order valence-corrected chi connectivity index (χ2v) is 7.07. The van der Waals surface area contributed by atoms with Gasteiger partial charge in [-0.3, -0.25) is 0 Å². The lowest BCUT2D eigenvalue weighted by molar-refractivity contribution is -0.222. The highest BCUT2D eigenvalue weighted by molar-refractivity contribution is 5.34. The van der Waals surface area contributed by atoms with Gasteiger partial charge < -0.3 is 9.47 Å². The van der Waals surface area contributed by atoms with Gasteiger partial charge in [0.1, 0.15) is 0 Å². The average molecular weight is 248 g/mol. The predicted octanol–water partition coefficient (Wildman–Crippen LogP) is 4.62. The standard InChI is InChI=1S/C16H24O2/c1-15(2,3)13-11-9-7-8-10-12(11)14(17-13)18-16(4,5)6/h7-10,13-14H,1-6H3. The summed E-state index contributed by atoms with van der Waals surface area (Å²) < 4.78 is 12.2. The largest absolute Gasteiger partial charge is 0.343 e. The van der Waals surface area contributed by atoms with Crippen LogP contribution in [0.15, 0.2) is 24.3 Å². The Labute approximate surface area is 110 Å². The highest BCUT2D eigenvalue weighted by Crippen LogP contribution is 2.48. The topological polar surface area (TPSA) is 18.5 Å². The molecule has 2 atom stereocenters. The summed E-state index contributed by atoms with van der Waals surface area (Å²) in [4.78, 5) is 0. The number of hydrogen-bond acceptors (Lipinski definition) is 2. The number of hydrogen-bond donors (Lipinski definition) is 0. The van der Waals surface area contributed by atoms with Crippen LogP contribution in [0.3, 0.4) is 0 Å². The first kappa shape index (κ1) is 13.6.